The molecule has 18 heavy (non-hydrogen) atoms. The first-order valence-corrected chi connectivity index (χ1v) is 6.37. The molecule has 5 nitrogen and oxygen atoms in total. The Labute approximate surface area is 107 Å². The quantitative estimate of drug-likeness (QED) is 0.813. The van der Waals surface area contributed by atoms with Crippen LogP contribution in [0.25, 0.3) is 0 Å². The van der Waals surface area contributed by atoms with Crippen molar-refractivity contribution in [3.8, 4) is 0 Å². The first-order chi connectivity index (χ1) is 8.58. The van der Waals surface area contributed by atoms with Crippen molar-refractivity contribution in [2.45, 2.75) is 38.6 Å². The van der Waals surface area contributed by atoms with E-state index in [2.05, 4.69) is 5.10 Å². The highest BCUT2D eigenvalue weighted by molar-refractivity contribution is 5.94. The summed E-state index contributed by atoms with van der Waals surface area (Å²) in [6, 6.07) is 0.0592. The average molecular weight is 249 g/mol. The Morgan fingerprint density at radius 2 is 2.22 bits per heavy atom. The molecule has 1 unspecified atom stereocenters. The third-order valence-electron chi connectivity index (χ3n) is 3.36. The maximum atomic E-state index is 12.4. The highest BCUT2D eigenvalue weighted by Gasteiger charge is 2.28. The Bertz CT molecular complexity index is 453. The lowest BCUT2D eigenvalue weighted by Gasteiger charge is -2.35. The Kier molecular flexibility index (Phi) is 3.79. The standard InChI is InChI=1S/C13H19N3O2/c1-10(17)7-12-5-3-4-6-16(12)13(18)11-8-14-15(2)9-11/h8-9,12H,3-7H2,1-2H3. The molecule has 1 aromatic heterocycles. The molecule has 1 fully saturated rings. The van der Waals surface area contributed by atoms with Gasteiger partial charge in [0, 0.05) is 32.3 Å². The van der Waals surface area contributed by atoms with Crippen LogP contribution >= 0.6 is 0 Å². The summed E-state index contributed by atoms with van der Waals surface area (Å²) in [6.07, 6.45) is 6.80. The topological polar surface area (TPSA) is 55.2 Å². The monoisotopic (exact) mass is 249 g/mol. The van der Waals surface area contributed by atoms with Crippen molar-refractivity contribution >= 4 is 11.7 Å². The van der Waals surface area contributed by atoms with Gasteiger partial charge in [0.25, 0.3) is 5.91 Å². The van der Waals surface area contributed by atoms with Crippen molar-refractivity contribution in [2.24, 2.45) is 7.05 Å². The number of Topliss-reactive ketones (excluding diaryl/α,β-unsaturated/α-hetero) is 1. The number of nitrogens with zero attached hydrogens (tertiary/aromatic N) is 3. The van der Waals surface area contributed by atoms with Crippen LogP contribution in [-0.4, -0.2) is 39.0 Å². The zero-order valence-electron chi connectivity index (χ0n) is 10.9. The summed E-state index contributed by atoms with van der Waals surface area (Å²) in [4.78, 5) is 25.5. The number of carbonyl (C=O) groups excluding carboxylic acids is 2. The molecule has 1 amide bonds. The first-order valence-electron chi connectivity index (χ1n) is 6.37. The van der Waals surface area contributed by atoms with Gasteiger partial charge in [-0.15, -0.1) is 0 Å². The molecule has 98 valence electrons. The number of carbonyl (C=O) groups is 2. The molecule has 0 radical (unpaired) electrons. The molecular weight excluding hydrogens is 230 g/mol. The predicted octanol–water partition coefficient (Wildman–Crippen LogP) is 1.39. The number of hydrogen-bond acceptors (Lipinski definition) is 3. The fraction of sp³-hybridized carbons (Fsp3) is 0.615. The maximum absolute atomic E-state index is 12.4. The van der Waals surface area contributed by atoms with Crippen LogP contribution in [-0.2, 0) is 11.8 Å². The zero-order valence-corrected chi connectivity index (χ0v) is 10.9. The summed E-state index contributed by atoms with van der Waals surface area (Å²) < 4.78 is 1.62. The van der Waals surface area contributed by atoms with Crippen molar-refractivity contribution in [1.82, 2.24) is 14.7 Å². The van der Waals surface area contributed by atoms with Crippen LogP contribution in [0, 0.1) is 0 Å². The van der Waals surface area contributed by atoms with Gasteiger partial charge in [-0.2, -0.15) is 5.10 Å². The van der Waals surface area contributed by atoms with E-state index in [0.717, 1.165) is 25.8 Å². The van der Waals surface area contributed by atoms with E-state index in [1.807, 2.05) is 4.90 Å². The molecule has 1 aromatic rings. The van der Waals surface area contributed by atoms with Gasteiger partial charge in [0.1, 0.15) is 5.78 Å². The molecule has 1 atom stereocenters. The van der Waals surface area contributed by atoms with Crippen molar-refractivity contribution in [3.63, 3.8) is 0 Å². The van der Waals surface area contributed by atoms with Crippen LogP contribution in [0.5, 0.6) is 0 Å². The highest BCUT2D eigenvalue weighted by Crippen LogP contribution is 2.22. The lowest BCUT2D eigenvalue weighted by molar-refractivity contribution is -0.118. The molecule has 0 bridgehead atoms. The Morgan fingerprint density at radius 1 is 1.44 bits per heavy atom. The van der Waals surface area contributed by atoms with Crippen molar-refractivity contribution in [2.75, 3.05) is 6.54 Å². The maximum Gasteiger partial charge on any atom is 0.257 e. The molecule has 0 spiro atoms. The molecule has 0 saturated carbocycles. The smallest absolute Gasteiger partial charge is 0.257 e. The van der Waals surface area contributed by atoms with Gasteiger partial charge in [0.2, 0.25) is 0 Å². The third kappa shape index (κ3) is 2.78. The molecule has 0 aliphatic carbocycles. The third-order valence-corrected chi connectivity index (χ3v) is 3.36. The Morgan fingerprint density at radius 3 is 2.83 bits per heavy atom. The summed E-state index contributed by atoms with van der Waals surface area (Å²) >= 11 is 0. The molecule has 1 saturated heterocycles. The molecule has 1 aliphatic rings. The van der Waals surface area contributed by atoms with Crippen molar-refractivity contribution in [3.05, 3.63) is 18.0 Å². The van der Waals surface area contributed by atoms with Crippen LogP contribution in [0.1, 0.15) is 43.0 Å². The normalized spacial score (nSPS) is 19.9. The molecular formula is C13H19N3O2. The summed E-state index contributed by atoms with van der Waals surface area (Å²) in [5, 5.41) is 4.02. The Balaban J connectivity index is 2.13. The molecule has 1 aliphatic heterocycles. The van der Waals surface area contributed by atoms with Gasteiger partial charge in [-0.3, -0.25) is 14.3 Å². The van der Waals surface area contributed by atoms with E-state index >= 15 is 0 Å². The van der Waals surface area contributed by atoms with Gasteiger partial charge >= 0.3 is 0 Å². The molecule has 0 N–H and O–H groups in total. The minimum absolute atomic E-state index is 0.00551. The number of amides is 1. The average Bonchev–Trinajstić information content (AvgIpc) is 2.75. The lowest BCUT2D eigenvalue weighted by Crippen LogP contribution is -2.44. The lowest BCUT2D eigenvalue weighted by atomic mass is 9.97. The molecule has 2 heterocycles. The number of likely N-dealkylation sites (tertiary alicyclic amines) is 1. The van der Waals surface area contributed by atoms with Gasteiger partial charge in [0.05, 0.1) is 11.8 Å². The van der Waals surface area contributed by atoms with Gasteiger partial charge in [-0.25, -0.2) is 0 Å². The second-order valence-corrected chi connectivity index (χ2v) is 4.96. The number of hydrogen-bond donors (Lipinski definition) is 0. The number of ketones is 1. The van der Waals surface area contributed by atoms with E-state index in [0.29, 0.717) is 12.0 Å². The molecule has 0 aromatic carbocycles. The van der Waals surface area contributed by atoms with Crippen LogP contribution in [0.15, 0.2) is 12.4 Å². The fourth-order valence-corrected chi connectivity index (χ4v) is 2.51. The molecule has 2 rings (SSSR count). The van der Waals surface area contributed by atoms with E-state index in [1.165, 1.54) is 0 Å². The van der Waals surface area contributed by atoms with Crippen LogP contribution < -0.4 is 0 Å². The van der Waals surface area contributed by atoms with Crippen LogP contribution in [0.2, 0.25) is 0 Å². The minimum atomic E-state index is -0.00551. The second kappa shape index (κ2) is 5.33. The van der Waals surface area contributed by atoms with E-state index < -0.39 is 0 Å². The highest BCUT2D eigenvalue weighted by atomic mass is 16.2. The Hall–Kier alpha value is -1.65. The summed E-state index contributed by atoms with van der Waals surface area (Å²) in [7, 11) is 1.79. The number of aryl methyl sites for hydroxylation is 1. The number of rotatable bonds is 3. The fourth-order valence-electron chi connectivity index (χ4n) is 2.51. The zero-order chi connectivity index (χ0) is 13.1. The summed E-state index contributed by atoms with van der Waals surface area (Å²) in [5.74, 6) is 0.139. The van der Waals surface area contributed by atoms with Crippen molar-refractivity contribution < 1.29 is 9.59 Å². The minimum Gasteiger partial charge on any atom is -0.335 e. The van der Waals surface area contributed by atoms with Gasteiger partial charge in [-0.05, 0) is 26.2 Å². The van der Waals surface area contributed by atoms with Gasteiger partial charge < -0.3 is 4.90 Å². The summed E-state index contributed by atoms with van der Waals surface area (Å²) in [6.45, 7) is 2.33. The number of piperidine rings is 1. The van der Waals surface area contributed by atoms with Crippen molar-refractivity contribution in [1.29, 1.82) is 0 Å². The van der Waals surface area contributed by atoms with E-state index in [-0.39, 0.29) is 17.7 Å². The first kappa shape index (κ1) is 12.8. The van der Waals surface area contributed by atoms with E-state index in [9.17, 15) is 9.59 Å². The van der Waals surface area contributed by atoms with Crippen LogP contribution in [0.3, 0.4) is 0 Å². The van der Waals surface area contributed by atoms with Crippen LogP contribution in [0.4, 0.5) is 0 Å². The van der Waals surface area contributed by atoms with E-state index in [4.69, 9.17) is 0 Å². The SMILES string of the molecule is CC(=O)CC1CCCCN1C(=O)c1cnn(C)c1. The molecule has 5 heteroatoms. The summed E-state index contributed by atoms with van der Waals surface area (Å²) in [5.41, 5.74) is 0.605. The van der Waals surface area contributed by atoms with Gasteiger partial charge in [0.15, 0.2) is 0 Å². The predicted molar refractivity (Wildman–Crippen MR) is 67.2 cm³/mol. The largest absolute Gasteiger partial charge is 0.335 e. The number of aromatic nitrogens is 2. The van der Waals surface area contributed by atoms with Gasteiger partial charge in [-0.1, -0.05) is 0 Å². The van der Waals surface area contributed by atoms with E-state index in [1.54, 1.807) is 31.0 Å². The second-order valence-electron chi connectivity index (χ2n) is 4.96.